The van der Waals surface area contributed by atoms with Gasteiger partial charge < -0.3 is 18.3 Å². The summed E-state index contributed by atoms with van der Waals surface area (Å²) in [6.07, 6.45) is 4.43. The van der Waals surface area contributed by atoms with E-state index in [1.165, 1.54) is 0 Å². The zero-order chi connectivity index (χ0) is 14.2. The molecule has 0 bridgehead atoms. The van der Waals surface area contributed by atoms with Crippen LogP contribution in [0.15, 0.2) is 0 Å². The van der Waals surface area contributed by atoms with Crippen molar-refractivity contribution in [2.24, 2.45) is 0 Å². The maximum atomic E-state index is 6.53. The molecule has 1 rings (SSSR count). The van der Waals surface area contributed by atoms with E-state index < -0.39 is 13.8 Å². The largest absolute Gasteiger partial charge is 0.447 e. The SMILES string of the molecule is CCCOC1(OCCC)CCC[Si](Cl)(OCCC)O1. The Morgan fingerprint density at radius 3 is 2.16 bits per heavy atom. The van der Waals surface area contributed by atoms with Crippen molar-refractivity contribution in [3.8, 4) is 0 Å². The normalized spacial score (nSPS) is 26.5. The fourth-order valence-electron chi connectivity index (χ4n) is 1.97. The minimum Gasteiger partial charge on any atom is -0.383 e. The van der Waals surface area contributed by atoms with Gasteiger partial charge in [0.1, 0.15) is 0 Å². The van der Waals surface area contributed by atoms with Gasteiger partial charge in [0, 0.05) is 19.1 Å². The minimum absolute atomic E-state index is 0.610. The fourth-order valence-corrected chi connectivity index (χ4v) is 5.05. The molecular formula is C13H27ClO4Si. The fraction of sp³-hybridized carbons (Fsp3) is 1.00. The number of ether oxygens (including phenoxy) is 2. The highest BCUT2D eigenvalue weighted by Crippen LogP contribution is 2.38. The lowest BCUT2D eigenvalue weighted by atomic mass is 10.3. The van der Waals surface area contributed by atoms with E-state index in [2.05, 4.69) is 20.8 Å². The van der Waals surface area contributed by atoms with Crippen LogP contribution >= 0.6 is 11.1 Å². The first kappa shape index (κ1) is 17.4. The molecule has 1 fully saturated rings. The topological polar surface area (TPSA) is 36.9 Å². The maximum Gasteiger partial charge on any atom is 0.447 e. The van der Waals surface area contributed by atoms with Gasteiger partial charge in [-0.1, -0.05) is 31.9 Å². The first-order valence-corrected chi connectivity index (χ1v) is 10.4. The van der Waals surface area contributed by atoms with Gasteiger partial charge in [-0.15, -0.1) is 0 Å². The molecule has 1 aliphatic heterocycles. The molecule has 1 heterocycles. The number of halogens is 1. The Hall–Kier alpha value is 0.347. The molecule has 19 heavy (non-hydrogen) atoms. The monoisotopic (exact) mass is 310 g/mol. The summed E-state index contributed by atoms with van der Waals surface area (Å²) in [4.78, 5) is 0. The average Bonchev–Trinajstić information content (AvgIpc) is 2.41. The highest BCUT2D eigenvalue weighted by atomic mass is 35.6. The molecule has 1 atom stereocenters. The molecule has 6 heteroatoms. The molecule has 0 aromatic rings. The zero-order valence-corrected chi connectivity index (χ0v) is 14.1. The lowest BCUT2D eigenvalue weighted by molar-refractivity contribution is -0.359. The van der Waals surface area contributed by atoms with Gasteiger partial charge in [0.15, 0.2) is 0 Å². The maximum absolute atomic E-state index is 6.53. The molecule has 0 spiro atoms. The van der Waals surface area contributed by atoms with E-state index in [9.17, 15) is 0 Å². The number of hydrogen-bond acceptors (Lipinski definition) is 4. The molecule has 0 aliphatic carbocycles. The summed E-state index contributed by atoms with van der Waals surface area (Å²) >= 11 is 6.53. The summed E-state index contributed by atoms with van der Waals surface area (Å²) < 4.78 is 23.4. The lowest BCUT2D eigenvalue weighted by Gasteiger charge is -2.42. The van der Waals surface area contributed by atoms with Crippen molar-refractivity contribution in [1.29, 1.82) is 0 Å². The van der Waals surface area contributed by atoms with Gasteiger partial charge in [-0.3, -0.25) is 0 Å². The standard InChI is InChI=1S/C13H27ClO4Si/c1-4-9-15-13(16-10-5-2)8-7-12-19(14,18-13)17-11-6-3/h4-12H2,1-3H3. The van der Waals surface area contributed by atoms with Crippen LogP contribution in [0.4, 0.5) is 0 Å². The van der Waals surface area contributed by atoms with Crippen LogP contribution in [0.2, 0.25) is 6.04 Å². The Kier molecular flexibility index (Phi) is 7.87. The molecule has 0 amide bonds. The highest BCUT2D eigenvalue weighted by molar-refractivity contribution is 7.13. The molecule has 1 saturated heterocycles. The van der Waals surface area contributed by atoms with Crippen molar-refractivity contribution in [3.05, 3.63) is 0 Å². The van der Waals surface area contributed by atoms with E-state index in [0.717, 1.165) is 38.1 Å². The van der Waals surface area contributed by atoms with Crippen LogP contribution in [0, 0.1) is 0 Å². The molecule has 1 aliphatic rings. The van der Waals surface area contributed by atoms with Crippen molar-refractivity contribution in [2.75, 3.05) is 19.8 Å². The Balaban J connectivity index is 2.66. The van der Waals surface area contributed by atoms with Crippen molar-refractivity contribution in [3.63, 3.8) is 0 Å². The first-order chi connectivity index (χ1) is 9.10. The van der Waals surface area contributed by atoms with E-state index >= 15 is 0 Å². The Labute approximate surface area is 122 Å². The van der Waals surface area contributed by atoms with Crippen LogP contribution in [0.5, 0.6) is 0 Å². The Morgan fingerprint density at radius 2 is 1.63 bits per heavy atom. The van der Waals surface area contributed by atoms with Crippen molar-refractivity contribution in [2.45, 2.75) is 64.9 Å². The van der Waals surface area contributed by atoms with Crippen LogP contribution < -0.4 is 0 Å². The van der Waals surface area contributed by atoms with E-state index in [0.29, 0.717) is 19.8 Å². The third kappa shape index (κ3) is 5.69. The molecule has 0 saturated carbocycles. The lowest BCUT2D eigenvalue weighted by Crippen LogP contribution is -2.54. The second-order valence-electron chi connectivity index (χ2n) is 4.84. The predicted molar refractivity (Wildman–Crippen MR) is 78.2 cm³/mol. The van der Waals surface area contributed by atoms with Crippen molar-refractivity contribution >= 4 is 18.9 Å². The summed E-state index contributed by atoms with van der Waals surface area (Å²) in [7, 11) is -2.67. The molecule has 0 aromatic heterocycles. The van der Waals surface area contributed by atoms with Crippen LogP contribution in [0.1, 0.15) is 52.9 Å². The van der Waals surface area contributed by atoms with Crippen molar-refractivity contribution in [1.82, 2.24) is 0 Å². The van der Waals surface area contributed by atoms with Crippen LogP contribution in [-0.4, -0.2) is 33.7 Å². The van der Waals surface area contributed by atoms with Gasteiger partial charge in [-0.05, 0) is 25.7 Å². The van der Waals surface area contributed by atoms with Gasteiger partial charge in [-0.2, -0.15) is 0 Å². The Bertz CT molecular complexity index is 247. The van der Waals surface area contributed by atoms with E-state index in [1.807, 2.05) is 0 Å². The first-order valence-electron chi connectivity index (χ1n) is 7.40. The van der Waals surface area contributed by atoms with Gasteiger partial charge in [0.25, 0.3) is 5.97 Å². The summed E-state index contributed by atoms with van der Waals surface area (Å²) in [5.41, 5.74) is 0. The van der Waals surface area contributed by atoms with Gasteiger partial charge in [0.05, 0.1) is 13.2 Å². The summed E-state index contributed by atoms with van der Waals surface area (Å²) in [6.45, 7) is 8.04. The van der Waals surface area contributed by atoms with Crippen molar-refractivity contribution < 1.29 is 18.3 Å². The number of rotatable bonds is 9. The van der Waals surface area contributed by atoms with E-state index in [-0.39, 0.29) is 0 Å². The van der Waals surface area contributed by atoms with Crippen LogP contribution in [0.25, 0.3) is 0 Å². The zero-order valence-electron chi connectivity index (χ0n) is 12.4. The third-order valence-electron chi connectivity index (χ3n) is 2.84. The van der Waals surface area contributed by atoms with Crippen LogP contribution in [0.3, 0.4) is 0 Å². The summed E-state index contributed by atoms with van der Waals surface area (Å²) in [6, 6.07) is 0.793. The molecule has 1 unspecified atom stereocenters. The van der Waals surface area contributed by atoms with E-state index in [4.69, 9.17) is 29.4 Å². The molecule has 0 aromatic carbocycles. The van der Waals surface area contributed by atoms with Gasteiger partial charge in [-0.25, -0.2) is 0 Å². The van der Waals surface area contributed by atoms with Crippen LogP contribution in [-0.2, 0) is 18.3 Å². The Morgan fingerprint density at radius 1 is 1.05 bits per heavy atom. The second-order valence-corrected chi connectivity index (χ2v) is 8.88. The number of hydrogen-bond donors (Lipinski definition) is 0. The highest BCUT2D eigenvalue weighted by Gasteiger charge is 2.51. The molecule has 114 valence electrons. The third-order valence-corrected chi connectivity index (χ3v) is 6.17. The molecule has 0 N–H and O–H groups in total. The van der Waals surface area contributed by atoms with Gasteiger partial charge in [0.2, 0.25) is 0 Å². The molecule has 4 nitrogen and oxygen atoms in total. The second kappa shape index (κ2) is 8.59. The average molecular weight is 311 g/mol. The molecule has 0 radical (unpaired) electrons. The summed E-state index contributed by atoms with van der Waals surface area (Å²) in [5.74, 6) is -0.980. The summed E-state index contributed by atoms with van der Waals surface area (Å²) in [5, 5.41) is 0. The predicted octanol–water partition coefficient (Wildman–Crippen LogP) is 3.91. The minimum atomic E-state index is -2.67. The smallest absolute Gasteiger partial charge is 0.383 e. The van der Waals surface area contributed by atoms with E-state index in [1.54, 1.807) is 0 Å². The molecular weight excluding hydrogens is 284 g/mol. The van der Waals surface area contributed by atoms with Gasteiger partial charge >= 0.3 is 7.87 Å². The quantitative estimate of drug-likeness (QED) is 0.367.